The highest BCUT2D eigenvalue weighted by Gasteiger charge is 2.39. The van der Waals surface area contributed by atoms with Crippen LogP contribution < -0.4 is 0 Å². The first-order valence-electron chi connectivity index (χ1n) is 6.47. The highest BCUT2D eigenvalue weighted by Crippen LogP contribution is 2.35. The first kappa shape index (κ1) is 11.9. The van der Waals surface area contributed by atoms with Crippen LogP contribution in [0.4, 0.5) is 0 Å². The van der Waals surface area contributed by atoms with Crippen molar-refractivity contribution in [2.45, 2.75) is 64.1 Å². The van der Waals surface area contributed by atoms with Crippen LogP contribution in [0.3, 0.4) is 0 Å². The number of ether oxygens (including phenoxy) is 1. The molecule has 0 aliphatic carbocycles. The van der Waals surface area contributed by atoms with Crippen LogP contribution >= 0.6 is 0 Å². The summed E-state index contributed by atoms with van der Waals surface area (Å²) in [5, 5.41) is 0. The first-order chi connectivity index (χ1) is 7.56. The van der Waals surface area contributed by atoms with Gasteiger partial charge in [-0.05, 0) is 38.6 Å². The van der Waals surface area contributed by atoms with E-state index in [2.05, 4.69) is 25.8 Å². The van der Waals surface area contributed by atoms with Gasteiger partial charge in [-0.1, -0.05) is 13.8 Å². The summed E-state index contributed by atoms with van der Waals surface area (Å²) in [6.07, 6.45) is 5.37. The molecule has 0 aromatic heterocycles. The lowest BCUT2D eigenvalue weighted by Gasteiger charge is -2.35. The molecule has 2 rings (SSSR count). The van der Waals surface area contributed by atoms with Gasteiger partial charge in [0.2, 0.25) is 0 Å². The molecule has 3 nitrogen and oxygen atoms in total. The number of carbonyl (C=O) groups excluding carboxylic acids is 1. The minimum Gasteiger partial charge on any atom is -0.462 e. The Hall–Kier alpha value is -0.570. The second kappa shape index (κ2) is 4.74. The molecule has 2 heterocycles. The van der Waals surface area contributed by atoms with Gasteiger partial charge < -0.3 is 9.64 Å². The zero-order chi connectivity index (χ0) is 11.7. The highest BCUT2D eigenvalue weighted by atomic mass is 16.5. The average Bonchev–Trinajstić information content (AvgIpc) is 2.43. The molecule has 0 radical (unpaired) electrons. The molecule has 0 N–H and O–H groups in total. The van der Waals surface area contributed by atoms with Crippen LogP contribution in [0, 0.1) is 5.92 Å². The Labute approximate surface area is 98.1 Å². The third-order valence-electron chi connectivity index (χ3n) is 3.93. The van der Waals surface area contributed by atoms with E-state index in [-0.39, 0.29) is 12.1 Å². The number of hydrogen-bond donors (Lipinski definition) is 0. The van der Waals surface area contributed by atoms with E-state index in [4.69, 9.17) is 4.74 Å². The van der Waals surface area contributed by atoms with Crippen LogP contribution in [0.5, 0.6) is 0 Å². The molecule has 2 saturated heterocycles. The molecule has 2 unspecified atom stereocenters. The van der Waals surface area contributed by atoms with Gasteiger partial charge in [0.25, 0.3) is 0 Å². The topological polar surface area (TPSA) is 29.5 Å². The van der Waals surface area contributed by atoms with Crippen LogP contribution in [0.25, 0.3) is 0 Å². The van der Waals surface area contributed by atoms with E-state index in [0.717, 1.165) is 12.8 Å². The molecule has 2 aliphatic heterocycles. The Balaban J connectivity index is 1.82. The van der Waals surface area contributed by atoms with Crippen molar-refractivity contribution < 1.29 is 9.53 Å². The van der Waals surface area contributed by atoms with Crippen molar-refractivity contribution in [2.24, 2.45) is 5.92 Å². The Morgan fingerprint density at radius 1 is 1.31 bits per heavy atom. The average molecular weight is 225 g/mol. The van der Waals surface area contributed by atoms with E-state index >= 15 is 0 Å². The van der Waals surface area contributed by atoms with Gasteiger partial charge in [-0.3, -0.25) is 4.79 Å². The molecule has 16 heavy (non-hydrogen) atoms. The minimum absolute atomic E-state index is 0.0102. The van der Waals surface area contributed by atoms with Crippen molar-refractivity contribution in [3.8, 4) is 0 Å². The van der Waals surface area contributed by atoms with Crippen molar-refractivity contribution in [1.82, 2.24) is 4.90 Å². The normalized spacial score (nSPS) is 34.4. The lowest BCUT2D eigenvalue weighted by molar-refractivity contribution is -0.153. The Morgan fingerprint density at radius 3 is 2.38 bits per heavy atom. The van der Waals surface area contributed by atoms with Crippen molar-refractivity contribution in [3.63, 3.8) is 0 Å². The van der Waals surface area contributed by atoms with Crippen LogP contribution in [-0.4, -0.2) is 36.1 Å². The van der Waals surface area contributed by atoms with Gasteiger partial charge in [0, 0.05) is 18.5 Å². The largest absolute Gasteiger partial charge is 0.462 e. The summed E-state index contributed by atoms with van der Waals surface area (Å²) in [5.41, 5.74) is 0. The molecular weight excluding hydrogens is 202 g/mol. The number of esters is 1. The van der Waals surface area contributed by atoms with Gasteiger partial charge in [0.1, 0.15) is 6.10 Å². The summed E-state index contributed by atoms with van der Waals surface area (Å²) in [5.74, 6) is 0.388. The molecule has 2 atom stereocenters. The number of rotatable bonds is 3. The van der Waals surface area contributed by atoms with E-state index in [1.165, 1.54) is 12.8 Å². The maximum atomic E-state index is 11.6. The van der Waals surface area contributed by atoms with Crippen LogP contribution in [0.15, 0.2) is 0 Å². The molecular formula is C13H23NO2. The number of fused-ring (bicyclic) bond motifs is 2. The Kier molecular flexibility index (Phi) is 3.53. The maximum absolute atomic E-state index is 11.6. The van der Waals surface area contributed by atoms with E-state index in [1.54, 1.807) is 0 Å². The monoisotopic (exact) mass is 225 g/mol. The van der Waals surface area contributed by atoms with E-state index < -0.39 is 0 Å². The molecule has 0 aromatic carbocycles. The van der Waals surface area contributed by atoms with Gasteiger partial charge in [-0.15, -0.1) is 0 Å². The predicted octanol–water partition coefficient (Wildman–Crippen LogP) is 2.20. The van der Waals surface area contributed by atoms with Crippen molar-refractivity contribution >= 4 is 5.97 Å². The minimum atomic E-state index is -0.0102. The zero-order valence-corrected chi connectivity index (χ0v) is 10.6. The third-order valence-corrected chi connectivity index (χ3v) is 3.93. The Bertz CT molecular complexity index is 251. The molecule has 2 aliphatic rings. The lowest BCUT2D eigenvalue weighted by atomic mass is 10.0. The lowest BCUT2D eigenvalue weighted by Crippen LogP contribution is -2.43. The smallest absolute Gasteiger partial charge is 0.306 e. The second-order valence-electron chi connectivity index (χ2n) is 5.73. The molecule has 0 amide bonds. The fourth-order valence-corrected chi connectivity index (χ4v) is 3.03. The van der Waals surface area contributed by atoms with E-state index in [1.807, 2.05) is 0 Å². The molecule has 0 spiro atoms. The van der Waals surface area contributed by atoms with Gasteiger partial charge in [0.15, 0.2) is 0 Å². The highest BCUT2D eigenvalue weighted by molar-refractivity contribution is 5.69. The van der Waals surface area contributed by atoms with Crippen molar-refractivity contribution in [3.05, 3.63) is 0 Å². The molecule has 3 heteroatoms. The molecule has 0 saturated carbocycles. The summed E-state index contributed by atoms with van der Waals surface area (Å²) in [6, 6.07) is 1.30. The molecule has 2 fully saturated rings. The summed E-state index contributed by atoms with van der Waals surface area (Å²) in [7, 11) is 2.20. The van der Waals surface area contributed by atoms with Gasteiger partial charge in [0.05, 0.1) is 0 Å². The summed E-state index contributed by atoms with van der Waals surface area (Å²) < 4.78 is 5.57. The second-order valence-corrected chi connectivity index (χ2v) is 5.73. The zero-order valence-electron chi connectivity index (χ0n) is 10.6. The van der Waals surface area contributed by atoms with Crippen LogP contribution in [0.1, 0.15) is 46.0 Å². The summed E-state index contributed by atoms with van der Waals surface area (Å²) in [4.78, 5) is 14.1. The molecule has 2 bridgehead atoms. The molecule has 92 valence electrons. The van der Waals surface area contributed by atoms with Gasteiger partial charge in [-0.2, -0.15) is 0 Å². The summed E-state index contributed by atoms with van der Waals surface area (Å²) >= 11 is 0. The number of piperidine rings is 1. The van der Waals surface area contributed by atoms with Gasteiger partial charge >= 0.3 is 5.97 Å². The SMILES string of the molecule is CC(C)CC(=O)OC1CC2CCC(C1)N2C. The quantitative estimate of drug-likeness (QED) is 0.690. The standard InChI is InChI=1S/C13H23NO2/c1-9(2)6-13(15)16-12-7-10-4-5-11(8-12)14(10)3/h9-12H,4-8H2,1-3H3. The molecule has 0 aromatic rings. The number of carbonyl (C=O) groups is 1. The Morgan fingerprint density at radius 2 is 1.88 bits per heavy atom. The fraction of sp³-hybridized carbons (Fsp3) is 0.923. The van der Waals surface area contributed by atoms with Crippen molar-refractivity contribution in [1.29, 1.82) is 0 Å². The first-order valence-corrected chi connectivity index (χ1v) is 6.47. The van der Waals surface area contributed by atoms with Gasteiger partial charge in [-0.25, -0.2) is 0 Å². The predicted molar refractivity (Wildman–Crippen MR) is 63.1 cm³/mol. The van der Waals surface area contributed by atoms with Crippen molar-refractivity contribution in [2.75, 3.05) is 7.05 Å². The fourth-order valence-electron chi connectivity index (χ4n) is 3.03. The number of hydrogen-bond acceptors (Lipinski definition) is 3. The van der Waals surface area contributed by atoms with Crippen LogP contribution in [0.2, 0.25) is 0 Å². The third kappa shape index (κ3) is 2.57. The van der Waals surface area contributed by atoms with E-state index in [0.29, 0.717) is 24.4 Å². The number of nitrogens with zero attached hydrogens (tertiary/aromatic N) is 1. The van der Waals surface area contributed by atoms with Crippen LogP contribution in [-0.2, 0) is 9.53 Å². The maximum Gasteiger partial charge on any atom is 0.306 e. The summed E-state index contributed by atoms with van der Waals surface area (Å²) in [6.45, 7) is 4.11. The van der Waals surface area contributed by atoms with E-state index in [9.17, 15) is 4.79 Å².